The number of rotatable bonds is 7. The summed E-state index contributed by atoms with van der Waals surface area (Å²) >= 11 is 1.96. The highest BCUT2D eigenvalue weighted by atomic mass is 127. The second-order valence-electron chi connectivity index (χ2n) is 9.57. The normalized spacial score (nSPS) is 18.2. The maximum absolute atomic E-state index is 13.4. The number of nitrogens with zero attached hydrogens (tertiary/aromatic N) is 1. The Balaban J connectivity index is 1.66. The number of ketones is 2. The van der Waals surface area contributed by atoms with Crippen LogP contribution < -0.4 is 8.92 Å². The summed E-state index contributed by atoms with van der Waals surface area (Å²) in [5.74, 6) is -1.85. The van der Waals surface area contributed by atoms with Crippen molar-refractivity contribution in [2.45, 2.75) is 49.3 Å². The van der Waals surface area contributed by atoms with Gasteiger partial charge < -0.3 is 18.9 Å². The molecule has 9 nitrogen and oxygen atoms in total. The first-order valence-electron chi connectivity index (χ1n) is 12.5. The highest BCUT2D eigenvalue weighted by Gasteiger charge is 2.44. The molecule has 5 rings (SSSR count). The van der Waals surface area contributed by atoms with Crippen molar-refractivity contribution in [2.75, 3.05) is 13.7 Å². The predicted octanol–water partition coefficient (Wildman–Crippen LogP) is 4.57. The Morgan fingerprint density at radius 1 is 1.00 bits per heavy atom. The van der Waals surface area contributed by atoms with E-state index in [1.165, 1.54) is 19.2 Å². The third-order valence-electron chi connectivity index (χ3n) is 7.19. The summed E-state index contributed by atoms with van der Waals surface area (Å²) in [6.45, 7) is -0.323. The molecule has 39 heavy (non-hydrogen) atoms. The SMILES string of the molecule is COc1cc(C2C3=C(CCCC3=O)N(CC(=O)O)C3=C2C(=O)CCC3)cc(I)c1OS(=O)(=O)c1ccccc1. The Morgan fingerprint density at radius 3 is 2.13 bits per heavy atom. The monoisotopic (exact) mass is 663 g/mol. The van der Waals surface area contributed by atoms with Crippen LogP contribution in [-0.4, -0.2) is 49.6 Å². The topological polar surface area (TPSA) is 127 Å². The predicted molar refractivity (Wildman–Crippen MR) is 149 cm³/mol. The Morgan fingerprint density at radius 2 is 1.59 bits per heavy atom. The van der Waals surface area contributed by atoms with Crippen molar-refractivity contribution in [1.82, 2.24) is 4.90 Å². The molecule has 2 aromatic rings. The third-order valence-corrected chi connectivity index (χ3v) is 9.23. The minimum atomic E-state index is -4.15. The minimum Gasteiger partial charge on any atom is -0.493 e. The number of methoxy groups -OCH3 is 1. The Bertz CT molecular complexity index is 1500. The molecule has 0 fully saturated rings. The summed E-state index contributed by atoms with van der Waals surface area (Å²) in [7, 11) is -2.77. The molecule has 0 bridgehead atoms. The van der Waals surface area contributed by atoms with Gasteiger partial charge in [0.15, 0.2) is 23.1 Å². The van der Waals surface area contributed by atoms with E-state index in [0.717, 1.165) is 0 Å². The summed E-state index contributed by atoms with van der Waals surface area (Å²) in [5, 5.41) is 9.63. The van der Waals surface area contributed by atoms with Gasteiger partial charge in [-0.05, 0) is 78.1 Å². The van der Waals surface area contributed by atoms with E-state index in [-0.39, 0.29) is 34.5 Å². The molecule has 0 amide bonds. The van der Waals surface area contributed by atoms with Crippen LogP contribution in [0, 0.1) is 3.57 Å². The van der Waals surface area contributed by atoms with Crippen molar-refractivity contribution in [2.24, 2.45) is 0 Å². The average molecular weight is 663 g/mol. The van der Waals surface area contributed by atoms with Crippen LogP contribution >= 0.6 is 22.6 Å². The standard InChI is InChI=1S/C28H26INO8S/c1-37-23-14-16(13-18(29)28(23)38-39(35,36)17-7-3-2-4-8-17)25-26-19(9-5-11-21(26)31)30(15-24(33)34)20-10-6-12-22(32)27(20)25/h2-4,7-8,13-14,25H,5-6,9-12,15H2,1H3,(H,33,34). The van der Waals surface area contributed by atoms with Gasteiger partial charge in [-0.25, -0.2) is 0 Å². The van der Waals surface area contributed by atoms with E-state index in [1.807, 2.05) is 22.6 Å². The number of halogens is 1. The fourth-order valence-corrected chi connectivity index (χ4v) is 7.47. The number of allylic oxidation sites excluding steroid dienone is 4. The lowest BCUT2D eigenvalue weighted by atomic mass is 9.71. The first-order chi connectivity index (χ1) is 18.6. The number of carboxylic acid groups (broad SMARTS) is 1. The van der Waals surface area contributed by atoms with Gasteiger partial charge in [-0.15, -0.1) is 0 Å². The molecular formula is C28H26INO8S. The first-order valence-corrected chi connectivity index (χ1v) is 15.0. The quantitative estimate of drug-likeness (QED) is 0.335. The molecule has 1 heterocycles. The zero-order valence-corrected chi connectivity index (χ0v) is 24.1. The number of aliphatic carboxylic acids is 1. The molecule has 3 aliphatic rings. The van der Waals surface area contributed by atoms with Crippen molar-refractivity contribution in [3.63, 3.8) is 0 Å². The van der Waals surface area contributed by atoms with Gasteiger partial charge in [0.1, 0.15) is 11.4 Å². The Kier molecular flexibility index (Phi) is 7.55. The number of benzene rings is 2. The maximum atomic E-state index is 13.4. The fourth-order valence-electron chi connectivity index (χ4n) is 5.61. The van der Waals surface area contributed by atoms with Crippen LogP contribution in [0.4, 0.5) is 0 Å². The van der Waals surface area contributed by atoms with Crippen LogP contribution in [0.25, 0.3) is 0 Å². The molecule has 0 saturated carbocycles. The van der Waals surface area contributed by atoms with E-state index in [0.29, 0.717) is 70.2 Å². The lowest BCUT2D eigenvalue weighted by Gasteiger charge is -2.43. The molecule has 0 spiro atoms. The molecule has 11 heteroatoms. The van der Waals surface area contributed by atoms with Gasteiger partial charge in [0.05, 0.1) is 10.7 Å². The molecule has 0 radical (unpaired) electrons. The van der Waals surface area contributed by atoms with Crippen molar-refractivity contribution in [3.8, 4) is 11.5 Å². The second kappa shape index (κ2) is 10.8. The molecule has 1 aliphatic heterocycles. The van der Waals surface area contributed by atoms with E-state index in [1.54, 1.807) is 35.2 Å². The van der Waals surface area contributed by atoms with Crippen LogP contribution in [0.3, 0.4) is 0 Å². The lowest BCUT2D eigenvalue weighted by Crippen LogP contribution is -2.41. The zero-order valence-electron chi connectivity index (χ0n) is 21.1. The highest BCUT2D eigenvalue weighted by Crippen LogP contribution is 2.50. The Hall–Kier alpha value is -3.19. The summed E-state index contributed by atoms with van der Waals surface area (Å²) in [6.07, 6.45) is 2.86. The lowest BCUT2D eigenvalue weighted by molar-refractivity contribution is -0.138. The zero-order chi connectivity index (χ0) is 27.9. The van der Waals surface area contributed by atoms with E-state index >= 15 is 0 Å². The van der Waals surface area contributed by atoms with Crippen molar-refractivity contribution in [1.29, 1.82) is 0 Å². The van der Waals surface area contributed by atoms with Crippen molar-refractivity contribution < 1.29 is 36.8 Å². The summed E-state index contributed by atoms with van der Waals surface area (Å²) in [4.78, 5) is 40.2. The smallest absolute Gasteiger partial charge is 0.339 e. The second-order valence-corrected chi connectivity index (χ2v) is 12.3. The van der Waals surface area contributed by atoms with Crippen molar-refractivity contribution >= 4 is 50.2 Å². The highest BCUT2D eigenvalue weighted by molar-refractivity contribution is 14.1. The molecule has 0 unspecified atom stereocenters. The van der Waals surface area contributed by atoms with Gasteiger partial charge >= 0.3 is 16.1 Å². The number of carboxylic acids is 1. The first kappa shape index (κ1) is 27.4. The molecule has 204 valence electrons. The molecular weight excluding hydrogens is 637 g/mol. The largest absolute Gasteiger partial charge is 0.493 e. The van der Waals surface area contributed by atoms with Crippen LogP contribution in [0.15, 0.2) is 69.9 Å². The van der Waals surface area contributed by atoms with Gasteiger partial charge in [-0.1, -0.05) is 18.2 Å². The molecule has 2 aromatic carbocycles. The molecule has 1 N–H and O–H groups in total. The number of hydrogen-bond acceptors (Lipinski definition) is 8. The number of ether oxygens (including phenoxy) is 1. The number of Topliss-reactive ketones (excluding diaryl/α,β-unsaturated/α-hetero) is 2. The van der Waals surface area contributed by atoms with E-state index < -0.39 is 22.0 Å². The third kappa shape index (κ3) is 5.09. The molecule has 2 aliphatic carbocycles. The number of carbonyl (C=O) groups is 3. The van der Waals surface area contributed by atoms with Crippen molar-refractivity contribution in [3.05, 3.63) is 74.1 Å². The summed E-state index contributed by atoms with van der Waals surface area (Å²) in [5.41, 5.74) is 2.74. The fraction of sp³-hybridized carbons (Fsp3) is 0.321. The van der Waals surface area contributed by atoms with Gasteiger partial charge in [-0.3, -0.25) is 14.4 Å². The summed E-state index contributed by atoms with van der Waals surface area (Å²) in [6, 6.07) is 11.1. The minimum absolute atomic E-state index is 0.00219. The van der Waals surface area contributed by atoms with E-state index in [4.69, 9.17) is 8.92 Å². The molecule has 0 saturated heterocycles. The maximum Gasteiger partial charge on any atom is 0.339 e. The molecule has 0 aromatic heterocycles. The van der Waals surface area contributed by atoms with Crippen LogP contribution in [0.2, 0.25) is 0 Å². The molecule has 0 atom stereocenters. The number of carbonyl (C=O) groups excluding carboxylic acids is 2. The van der Waals surface area contributed by atoms with Crippen LogP contribution in [0.1, 0.15) is 50.0 Å². The Labute approximate surface area is 239 Å². The average Bonchev–Trinajstić information content (AvgIpc) is 2.90. The van der Waals surface area contributed by atoms with Crippen LogP contribution in [-0.2, 0) is 24.5 Å². The van der Waals surface area contributed by atoms with Gasteiger partial charge in [-0.2, -0.15) is 8.42 Å². The van der Waals surface area contributed by atoms with Gasteiger partial charge in [0.2, 0.25) is 0 Å². The number of hydrogen-bond donors (Lipinski definition) is 1. The van der Waals surface area contributed by atoms with Gasteiger partial charge in [0.25, 0.3) is 0 Å². The van der Waals surface area contributed by atoms with Crippen LogP contribution in [0.5, 0.6) is 11.5 Å². The summed E-state index contributed by atoms with van der Waals surface area (Å²) < 4.78 is 37.4. The van der Waals surface area contributed by atoms with E-state index in [2.05, 4.69) is 0 Å². The van der Waals surface area contributed by atoms with Gasteiger partial charge in [0, 0.05) is 41.3 Å². The van der Waals surface area contributed by atoms with E-state index in [9.17, 15) is 27.9 Å².